The molecule has 2 aromatic carbocycles. The van der Waals surface area contributed by atoms with Crippen molar-refractivity contribution < 1.29 is 13.2 Å². The maximum Gasteiger partial charge on any atom is 0.243 e. The quantitative estimate of drug-likeness (QED) is 0.298. The zero-order chi connectivity index (χ0) is 22.6. The summed E-state index contributed by atoms with van der Waals surface area (Å²) in [5, 5.41) is 11.5. The van der Waals surface area contributed by atoms with Crippen molar-refractivity contribution in [2.24, 2.45) is 0 Å². The summed E-state index contributed by atoms with van der Waals surface area (Å²) in [6, 6.07) is 11.5. The summed E-state index contributed by atoms with van der Waals surface area (Å²) in [5.41, 5.74) is 3.44. The molecule has 0 bridgehead atoms. The average molecular weight is 448 g/mol. The molecule has 0 saturated heterocycles. The molecule has 3 heterocycles. The molecule has 5 aromatic rings. The van der Waals surface area contributed by atoms with Crippen molar-refractivity contribution in [1.82, 2.24) is 25.0 Å². The number of aromatic amines is 1. The number of nitrogens with one attached hydrogen (secondary N) is 2. The van der Waals surface area contributed by atoms with E-state index in [-0.39, 0.29) is 11.6 Å². The highest BCUT2D eigenvalue weighted by atomic mass is 19.1. The van der Waals surface area contributed by atoms with E-state index in [4.69, 9.17) is 4.42 Å². The van der Waals surface area contributed by atoms with Crippen LogP contribution in [0, 0.1) is 11.6 Å². The Hall–Kier alpha value is -4.01. The van der Waals surface area contributed by atoms with E-state index in [0.29, 0.717) is 29.5 Å². The van der Waals surface area contributed by atoms with Crippen molar-refractivity contribution in [3.05, 3.63) is 84.0 Å². The summed E-state index contributed by atoms with van der Waals surface area (Å²) in [4.78, 5) is 7.60. The van der Waals surface area contributed by atoms with Gasteiger partial charge in [-0.3, -0.25) is 4.68 Å². The number of aromatic nitrogens is 5. The lowest BCUT2D eigenvalue weighted by Gasteiger charge is -2.08. The normalized spacial score (nSPS) is 11.3. The number of unbranched alkanes of at least 4 members (excludes halogenated alkanes) is 1. The molecule has 168 valence electrons. The van der Waals surface area contributed by atoms with E-state index in [9.17, 15) is 8.78 Å². The smallest absolute Gasteiger partial charge is 0.243 e. The number of oxazole rings is 1. The van der Waals surface area contributed by atoms with Gasteiger partial charge in [0, 0.05) is 23.6 Å². The van der Waals surface area contributed by atoms with Crippen LogP contribution in [0.15, 0.2) is 65.5 Å². The second kappa shape index (κ2) is 9.23. The maximum absolute atomic E-state index is 14.5. The summed E-state index contributed by atoms with van der Waals surface area (Å²) in [6.45, 7) is 1.11. The van der Waals surface area contributed by atoms with Crippen molar-refractivity contribution >= 4 is 16.6 Å². The van der Waals surface area contributed by atoms with E-state index < -0.39 is 0 Å². The number of fused-ring (bicyclic) bond motifs is 1. The monoisotopic (exact) mass is 448 g/mol. The Morgan fingerprint density at radius 2 is 2.00 bits per heavy atom. The number of rotatable bonds is 9. The van der Waals surface area contributed by atoms with E-state index in [0.717, 1.165) is 42.3 Å². The molecule has 0 spiro atoms. The maximum atomic E-state index is 14.5. The molecular weight excluding hydrogens is 426 g/mol. The molecule has 9 heteroatoms. The second-order valence-corrected chi connectivity index (χ2v) is 7.85. The first-order chi connectivity index (χ1) is 16.1. The molecule has 7 nitrogen and oxygen atoms in total. The molecular formula is C24H22F2N6O. The Morgan fingerprint density at radius 3 is 2.85 bits per heavy atom. The Balaban J connectivity index is 1.16. The molecule has 5 rings (SSSR count). The highest BCUT2D eigenvalue weighted by molar-refractivity contribution is 5.84. The highest BCUT2D eigenvalue weighted by Gasteiger charge is 2.11. The second-order valence-electron chi connectivity index (χ2n) is 7.85. The molecule has 0 unspecified atom stereocenters. The van der Waals surface area contributed by atoms with E-state index in [1.165, 1.54) is 18.4 Å². The van der Waals surface area contributed by atoms with Gasteiger partial charge in [-0.05, 0) is 61.2 Å². The topological polar surface area (TPSA) is 84.6 Å². The summed E-state index contributed by atoms with van der Waals surface area (Å²) >= 11 is 0. The predicted octanol–water partition coefficient (Wildman–Crippen LogP) is 5.33. The Morgan fingerprint density at radius 1 is 1.06 bits per heavy atom. The van der Waals surface area contributed by atoms with Gasteiger partial charge < -0.3 is 14.7 Å². The van der Waals surface area contributed by atoms with E-state index >= 15 is 0 Å². The fraction of sp³-hybridized carbons (Fsp3) is 0.208. The third kappa shape index (κ3) is 4.92. The number of nitrogens with zero attached hydrogens (tertiary/aromatic N) is 4. The van der Waals surface area contributed by atoms with Crippen LogP contribution in [0.2, 0.25) is 0 Å². The minimum Gasteiger partial charge on any atom is -0.443 e. The van der Waals surface area contributed by atoms with Crippen molar-refractivity contribution in [2.45, 2.75) is 32.4 Å². The van der Waals surface area contributed by atoms with Gasteiger partial charge in [-0.1, -0.05) is 11.3 Å². The minimum atomic E-state index is -0.301. The first-order valence-electron chi connectivity index (χ1n) is 10.7. The summed E-state index contributed by atoms with van der Waals surface area (Å²) in [7, 11) is 0. The highest BCUT2D eigenvalue weighted by Crippen LogP contribution is 2.25. The van der Waals surface area contributed by atoms with Crippen LogP contribution in [-0.2, 0) is 19.5 Å². The number of anilines is 1. The van der Waals surface area contributed by atoms with Crippen LogP contribution in [-0.4, -0.2) is 25.0 Å². The molecule has 0 radical (unpaired) electrons. The fourth-order valence-corrected chi connectivity index (χ4v) is 3.73. The summed E-state index contributed by atoms with van der Waals surface area (Å²) in [6.07, 6.45) is 7.70. The number of H-pyrrole nitrogens is 1. The van der Waals surface area contributed by atoms with Crippen LogP contribution >= 0.6 is 0 Å². The van der Waals surface area contributed by atoms with E-state index in [1.54, 1.807) is 35.1 Å². The lowest BCUT2D eigenvalue weighted by atomic mass is 10.1. The van der Waals surface area contributed by atoms with Crippen LogP contribution in [0.5, 0.6) is 0 Å². The van der Waals surface area contributed by atoms with Crippen LogP contribution in [0.1, 0.15) is 24.1 Å². The molecule has 0 aliphatic carbocycles. The number of halogens is 2. The third-order valence-corrected chi connectivity index (χ3v) is 5.43. The lowest BCUT2D eigenvalue weighted by molar-refractivity contribution is 0.540. The van der Waals surface area contributed by atoms with Gasteiger partial charge in [0.05, 0.1) is 24.1 Å². The van der Waals surface area contributed by atoms with Gasteiger partial charge in [-0.2, -0.15) is 0 Å². The molecule has 0 fully saturated rings. The van der Waals surface area contributed by atoms with Gasteiger partial charge in [-0.15, -0.1) is 5.10 Å². The van der Waals surface area contributed by atoms with Crippen LogP contribution in [0.4, 0.5) is 14.5 Å². The van der Waals surface area contributed by atoms with Crippen LogP contribution in [0.25, 0.3) is 22.5 Å². The first-order valence-corrected chi connectivity index (χ1v) is 10.7. The number of aryl methyl sites for hydroxylation is 2. The first kappa shape index (κ1) is 20.9. The molecule has 0 aliphatic heterocycles. The van der Waals surface area contributed by atoms with E-state index in [1.807, 2.05) is 12.3 Å². The van der Waals surface area contributed by atoms with Gasteiger partial charge >= 0.3 is 0 Å². The van der Waals surface area contributed by atoms with Gasteiger partial charge in [0.1, 0.15) is 23.6 Å². The number of hydrogen-bond donors (Lipinski definition) is 2. The standard InChI is InChI=1S/C24H22F2N6O/c25-18-5-7-21-17(12-18)13-23(30-21)24-29-19(15-33-24)14-27-22-6-4-16(11-20(22)26)3-1-2-9-32-10-8-28-31-32/h4-8,10-13,15,27,30H,1-3,9,14H2. The molecule has 0 atom stereocenters. The van der Waals surface area contributed by atoms with Crippen LogP contribution in [0.3, 0.4) is 0 Å². The molecule has 33 heavy (non-hydrogen) atoms. The van der Waals surface area contributed by atoms with Gasteiger partial charge in [0.25, 0.3) is 0 Å². The Bertz CT molecular complexity index is 1360. The van der Waals surface area contributed by atoms with Crippen molar-refractivity contribution in [3.8, 4) is 11.6 Å². The van der Waals surface area contributed by atoms with Crippen molar-refractivity contribution in [2.75, 3.05) is 5.32 Å². The Labute approximate surface area is 188 Å². The zero-order valence-electron chi connectivity index (χ0n) is 17.8. The SMILES string of the molecule is Fc1ccc2[nH]c(-c3nc(CNc4ccc(CCCCn5ccnn5)cc4F)co3)cc2c1. The van der Waals surface area contributed by atoms with Gasteiger partial charge in [0.15, 0.2) is 0 Å². The van der Waals surface area contributed by atoms with Crippen molar-refractivity contribution in [1.29, 1.82) is 0 Å². The Kier molecular flexibility index (Phi) is 5.84. The average Bonchev–Trinajstić information content (AvgIpc) is 3.56. The largest absolute Gasteiger partial charge is 0.443 e. The van der Waals surface area contributed by atoms with E-state index in [2.05, 4.69) is 25.6 Å². The molecule has 3 aromatic heterocycles. The fourth-order valence-electron chi connectivity index (χ4n) is 3.73. The molecule has 2 N–H and O–H groups in total. The van der Waals surface area contributed by atoms with Crippen LogP contribution < -0.4 is 5.32 Å². The summed E-state index contributed by atoms with van der Waals surface area (Å²) < 4.78 is 35.3. The lowest BCUT2D eigenvalue weighted by Crippen LogP contribution is -2.03. The van der Waals surface area contributed by atoms with Gasteiger partial charge in [0.2, 0.25) is 5.89 Å². The third-order valence-electron chi connectivity index (χ3n) is 5.43. The number of benzene rings is 2. The predicted molar refractivity (Wildman–Crippen MR) is 120 cm³/mol. The number of hydrogen-bond acceptors (Lipinski definition) is 5. The molecule has 0 amide bonds. The van der Waals surface area contributed by atoms with Gasteiger partial charge in [-0.25, -0.2) is 13.8 Å². The minimum absolute atomic E-state index is 0.301. The molecule has 0 saturated carbocycles. The van der Waals surface area contributed by atoms with Crippen molar-refractivity contribution in [3.63, 3.8) is 0 Å². The zero-order valence-corrected chi connectivity index (χ0v) is 17.8. The molecule has 0 aliphatic rings. The summed E-state index contributed by atoms with van der Waals surface area (Å²) in [5.74, 6) is -0.208.